The van der Waals surface area contributed by atoms with E-state index in [1.54, 1.807) is 37.3 Å². The van der Waals surface area contributed by atoms with Crippen LogP contribution in [0.2, 0.25) is 5.02 Å². The lowest BCUT2D eigenvalue weighted by Crippen LogP contribution is -2.34. The normalized spacial score (nSPS) is 15.0. The Morgan fingerprint density at radius 2 is 1.97 bits per heavy atom. The van der Waals surface area contributed by atoms with Gasteiger partial charge in [0.05, 0.1) is 16.5 Å². The number of benzene rings is 2. The number of carbonyl (C=O) groups excluding carboxylic acids is 3. The Labute approximate surface area is 181 Å². The number of hydrogen-bond acceptors (Lipinski definition) is 6. The zero-order valence-electron chi connectivity index (χ0n) is 15.9. The summed E-state index contributed by atoms with van der Waals surface area (Å²) in [6.45, 7) is 1.24. The third-order valence-corrected chi connectivity index (χ3v) is 5.37. The Balaban J connectivity index is 1.79. The van der Waals surface area contributed by atoms with Gasteiger partial charge in [-0.25, -0.2) is 4.39 Å². The van der Waals surface area contributed by atoms with Crippen LogP contribution in [0.4, 0.5) is 9.18 Å². The molecule has 2 aromatic rings. The molecule has 30 heavy (non-hydrogen) atoms. The van der Waals surface area contributed by atoms with Crippen molar-refractivity contribution in [3.8, 4) is 5.75 Å². The summed E-state index contributed by atoms with van der Waals surface area (Å²) in [6.07, 6.45) is 1.49. The molecule has 0 N–H and O–H groups in total. The number of hydrogen-bond donors (Lipinski definition) is 0. The molecule has 0 unspecified atom stereocenters. The molecule has 0 aliphatic carbocycles. The number of imide groups is 1. The second kappa shape index (κ2) is 9.77. The summed E-state index contributed by atoms with van der Waals surface area (Å²) < 4.78 is 24.5. The summed E-state index contributed by atoms with van der Waals surface area (Å²) in [6, 6.07) is 11.2. The van der Waals surface area contributed by atoms with Crippen molar-refractivity contribution < 1.29 is 28.2 Å². The quantitative estimate of drug-likeness (QED) is 0.452. The Hall–Kier alpha value is -2.84. The largest absolute Gasteiger partial charge is 0.488 e. The Morgan fingerprint density at radius 1 is 1.20 bits per heavy atom. The van der Waals surface area contributed by atoms with E-state index in [0.717, 1.165) is 16.7 Å². The van der Waals surface area contributed by atoms with Gasteiger partial charge in [-0.05, 0) is 43.0 Å². The van der Waals surface area contributed by atoms with E-state index in [4.69, 9.17) is 21.1 Å². The highest BCUT2D eigenvalue weighted by atomic mass is 35.5. The van der Waals surface area contributed by atoms with E-state index in [-0.39, 0.29) is 28.7 Å². The minimum Gasteiger partial charge on any atom is -0.488 e. The smallest absolute Gasteiger partial charge is 0.326 e. The van der Waals surface area contributed by atoms with Crippen LogP contribution >= 0.6 is 23.4 Å². The standard InChI is InChI=1S/C21H17ClFNO5S/c1-2-28-19(25)11-24-20(26)18(30-21(24)27)10-13-6-3-4-9-17(13)29-12-14-15(22)7-5-8-16(14)23/h3-10H,2,11-12H2,1H3/b18-10-. The number of thioether (sulfide) groups is 1. The average molecular weight is 450 g/mol. The molecule has 1 aliphatic heterocycles. The summed E-state index contributed by atoms with van der Waals surface area (Å²) in [5.74, 6) is -1.36. The van der Waals surface area contributed by atoms with Crippen molar-refractivity contribution in [1.82, 2.24) is 4.90 Å². The molecule has 156 valence electrons. The second-order valence-corrected chi connectivity index (χ2v) is 7.50. The molecule has 2 aromatic carbocycles. The van der Waals surface area contributed by atoms with Crippen molar-refractivity contribution >= 4 is 46.6 Å². The maximum Gasteiger partial charge on any atom is 0.326 e. The van der Waals surface area contributed by atoms with Crippen molar-refractivity contribution in [2.24, 2.45) is 0 Å². The second-order valence-electron chi connectivity index (χ2n) is 6.10. The van der Waals surface area contributed by atoms with Crippen LogP contribution in [-0.2, 0) is 20.9 Å². The van der Waals surface area contributed by atoms with Gasteiger partial charge in [0.1, 0.15) is 24.7 Å². The number of para-hydroxylation sites is 1. The van der Waals surface area contributed by atoms with Gasteiger partial charge >= 0.3 is 5.97 Å². The number of esters is 1. The molecule has 0 aromatic heterocycles. The van der Waals surface area contributed by atoms with E-state index in [0.29, 0.717) is 11.3 Å². The van der Waals surface area contributed by atoms with Gasteiger partial charge in [-0.2, -0.15) is 0 Å². The molecule has 3 rings (SSSR count). The molecule has 0 radical (unpaired) electrons. The molecule has 1 aliphatic rings. The monoisotopic (exact) mass is 449 g/mol. The molecular weight excluding hydrogens is 433 g/mol. The van der Waals surface area contributed by atoms with Crippen molar-refractivity contribution in [2.75, 3.05) is 13.2 Å². The van der Waals surface area contributed by atoms with E-state index in [2.05, 4.69) is 0 Å². The highest BCUT2D eigenvalue weighted by Crippen LogP contribution is 2.34. The van der Waals surface area contributed by atoms with Crippen LogP contribution in [0.1, 0.15) is 18.1 Å². The van der Waals surface area contributed by atoms with Gasteiger partial charge in [0.15, 0.2) is 0 Å². The summed E-state index contributed by atoms with van der Waals surface area (Å²) in [4.78, 5) is 37.3. The molecule has 0 atom stereocenters. The Kier molecular flexibility index (Phi) is 7.12. The fourth-order valence-electron chi connectivity index (χ4n) is 2.66. The van der Waals surface area contributed by atoms with Crippen LogP contribution < -0.4 is 4.74 Å². The van der Waals surface area contributed by atoms with Gasteiger partial charge in [-0.3, -0.25) is 19.3 Å². The number of rotatable bonds is 7. The average Bonchev–Trinajstić information content (AvgIpc) is 2.96. The van der Waals surface area contributed by atoms with E-state index in [1.807, 2.05) is 0 Å². The Bertz CT molecular complexity index is 1010. The van der Waals surface area contributed by atoms with Gasteiger partial charge in [0.2, 0.25) is 0 Å². The molecule has 1 fully saturated rings. The molecular formula is C21H17ClFNO5S. The molecule has 1 saturated heterocycles. The molecule has 2 amide bonds. The highest BCUT2D eigenvalue weighted by molar-refractivity contribution is 8.18. The predicted octanol–water partition coefficient (Wildman–Crippen LogP) is 4.66. The predicted molar refractivity (Wildman–Crippen MR) is 111 cm³/mol. The molecule has 0 saturated carbocycles. The summed E-state index contributed by atoms with van der Waals surface area (Å²) >= 11 is 6.75. The third-order valence-electron chi connectivity index (χ3n) is 4.11. The first-order valence-corrected chi connectivity index (χ1v) is 10.2. The summed E-state index contributed by atoms with van der Waals surface area (Å²) in [5, 5.41) is -0.316. The number of nitrogens with zero attached hydrogens (tertiary/aromatic N) is 1. The van der Waals surface area contributed by atoms with Crippen LogP contribution in [0, 0.1) is 5.82 Å². The topological polar surface area (TPSA) is 72.9 Å². The number of carbonyl (C=O) groups is 3. The van der Waals surface area contributed by atoms with Crippen molar-refractivity contribution in [2.45, 2.75) is 13.5 Å². The zero-order valence-corrected chi connectivity index (χ0v) is 17.5. The van der Waals surface area contributed by atoms with Crippen LogP contribution in [0.15, 0.2) is 47.4 Å². The van der Waals surface area contributed by atoms with Gasteiger partial charge < -0.3 is 9.47 Å². The maximum atomic E-state index is 14.0. The molecule has 9 heteroatoms. The van der Waals surface area contributed by atoms with Gasteiger partial charge in [-0.15, -0.1) is 0 Å². The van der Waals surface area contributed by atoms with E-state index in [1.165, 1.54) is 18.2 Å². The first-order valence-electron chi connectivity index (χ1n) is 8.96. The molecule has 6 nitrogen and oxygen atoms in total. The van der Waals surface area contributed by atoms with E-state index in [9.17, 15) is 18.8 Å². The zero-order chi connectivity index (χ0) is 21.7. The van der Waals surface area contributed by atoms with Gasteiger partial charge in [0, 0.05) is 11.1 Å². The third kappa shape index (κ3) is 5.01. The fourth-order valence-corrected chi connectivity index (χ4v) is 3.71. The van der Waals surface area contributed by atoms with Crippen LogP contribution in [-0.4, -0.2) is 35.2 Å². The van der Waals surface area contributed by atoms with Crippen LogP contribution in [0.25, 0.3) is 6.08 Å². The van der Waals surface area contributed by atoms with E-state index < -0.39 is 29.5 Å². The minimum absolute atomic E-state index is 0.110. The maximum absolute atomic E-state index is 14.0. The van der Waals surface area contributed by atoms with Gasteiger partial charge in [-0.1, -0.05) is 35.9 Å². The fraction of sp³-hybridized carbons (Fsp3) is 0.190. The first kappa shape index (κ1) is 21.9. The summed E-state index contributed by atoms with van der Waals surface area (Å²) in [5.41, 5.74) is 0.732. The summed E-state index contributed by atoms with van der Waals surface area (Å²) in [7, 11) is 0. The number of ether oxygens (including phenoxy) is 2. The molecule has 0 spiro atoms. The van der Waals surface area contributed by atoms with Crippen LogP contribution in [0.5, 0.6) is 5.75 Å². The van der Waals surface area contributed by atoms with E-state index >= 15 is 0 Å². The minimum atomic E-state index is -0.661. The lowest BCUT2D eigenvalue weighted by atomic mass is 10.1. The lowest BCUT2D eigenvalue weighted by molar-refractivity contribution is -0.145. The lowest BCUT2D eigenvalue weighted by Gasteiger charge is -2.12. The van der Waals surface area contributed by atoms with Crippen molar-refractivity contribution in [3.05, 3.63) is 69.3 Å². The van der Waals surface area contributed by atoms with Crippen LogP contribution in [0.3, 0.4) is 0 Å². The molecule has 1 heterocycles. The van der Waals surface area contributed by atoms with Gasteiger partial charge in [0.25, 0.3) is 11.1 Å². The number of halogens is 2. The van der Waals surface area contributed by atoms with Crippen molar-refractivity contribution in [1.29, 1.82) is 0 Å². The first-order chi connectivity index (χ1) is 14.4. The Morgan fingerprint density at radius 3 is 2.70 bits per heavy atom. The molecule has 0 bridgehead atoms. The number of amides is 2. The SMILES string of the molecule is CCOC(=O)CN1C(=O)S/C(=C\c2ccccc2OCc2c(F)cccc2Cl)C1=O. The highest BCUT2D eigenvalue weighted by Gasteiger charge is 2.36. The van der Waals surface area contributed by atoms with Crippen molar-refractivity contribution in [3.63, 3.8) is 0 Å².